The van der Waals surface area contributed by atoms with Gasteiger partial charge in [-0.05, 0) is 67.6 Å². The van der Waals surface area contributed by atoms with Crippen LogP contribution in [0.2, 0.25) is 10.0 Å². The number of aliphatic hydroxyl groups is 1. The van der Waals surface area contributed by atoms with Gasteiger partial charge in [0.25, 0.3) is 0 Å². The third-order valence-corrected chi connectivity index (χ3v) is 21.4. The summed E-state index contributed by atoms with van der Waals surface area (Å²) in [5.41, 5.74) is 2.92. The number of aliphatic hydroxyl groups excluding tert-OH is 1. The Morgan fingerprint density at radius 3 is 1.63 bits per heavy atom. The highest BCUT2D eigenvalue weighted by Gasteiger charge is 2.49. The van der Waals surface area contributed by atoms with Gasteiger partial charge in [-0.15, -0.1) is 22.7 Å². The molecule has 2 aliphatic carbocycles. The highest BCUT2D eigenvalue weighted by molar-refractivity contribution is 7.12. The van der Waals surface area contributed by atoms with Gasteiger partial charge in [-0.3, -0.25) is 39.1 Å². The number of thiazole rings is 2. The molecule has 4 amide bonds. The predicted octanol–water partition coefficient (Wildman–Crippen LogP) is 9.50. The van der Waals surface area contributed by atoms with Crippen molar-refractivity contribution in [1.29, 1.82) is 0 Å². The number of aliphatic carboxylic acids is 1. The molecule has 3 aromatic heterocycles. The number of rotatable bonds is 17. The molecule has 9 heterocycles. The van der Waals surface area contributed by atoms with Crippen LogP contribution in [0.25, 0.3) is 0 Å². The number of aliphatic imine (C=N–C) groups is 2. The van der Waals surface area contributed by atoms with Crippen LogP contribution in [-0.4, -0.2) is 183 Å². The quantitative estimate of drug-likeness (QED) is 0.0490. The molecule has 4 saturated heterocycles. The number of urea groups is 2. The number of hydrogen-bond acceptors (Lipinski definition) is 19. The van der Waals surface area contributed by atoms with Gasteiger partial charge in [0.2, 0.25) is 0 Å². The highest BCUT2D eigenvalue weighted by Crippen LogP contribution is 2.52. The van der Waals surface area contributed by atoms with E-state index in [1.807, 2.05) is 57.1 Å². The summed E-state index contributed by atoms with van der Waals surface area (Å²) < 4.78 is 40.2. The average Bonchev–Trinajstić information content (AvgIpc) is 1.76. The number of methoxy groups -OCH3 is 2. The van der Waals surface area contributed by atoms with E-state index < -0.39 is 47.0 Å². The van der Waals surface area contributed by atoms with Gasteiger partial charge >= 0.3 is 30.0 Å². The Labute approximate surface area is 563 Å². The van der Waals surface area contributed by atoms with Crippen LogP contribution in [0.3, 0.4) is 0 Å². The number of anilines is 2. The number of carboxylic acid groups (broad SMARTS) is 1. The lowest BCUT2D eigenvalue weighted by Crippen LogP contribution is -2.53. The van der Waals surface area contributed by atoms with E-state index in [1.54, 1.807) is 26.9 Å². The second-order valence-electron chi connectivity index (χ2n) is 24.8. The summed E-state index contributed by atoms with van der Waals surface area (Å²) in [6, 6.07) is 15.2. The molecule has 6 aliphatic heterocycles. The summed E-state index contributed by atoms with van der Waals surface area (Å²) >= 11 is 15.8. The number of amidine groups is 2. The Kier molecular flexibility index (Phi) is 18.4. The van der Waals surface area contributed by atoms with Crippen LogP contribution in [0.4, 0.5) is 29.9 Å². The Bertz CT molecular complexity index is 4120. The molecule has 14 rings (SSSR count). The maximum absolute atomic E-state index is 14.0. The third kappa shape index (κ3) is 12.9. The van der Waals surface area contributed by atoms with E-state index in [0.29, 0.717) is 135 Å². The molecule has 95 heavy (non-hydrogen) atoms. The molecule has 4 N–H and O–H groups in total. The van der Waals surface area contributed by atoms with Crippen LogP contribution in [0.15, 0.2) is 141 Å². The Morgan fingerprint density at radius 1 is 0.674 bits per heavy atom. The molecule has 2 saturated carbocycles. The summed E-state index contributed by atoms with van der Waals surface area (Å²) in [5.74, 6) is -1.28. The molecule has 6 aromatic rings. The van der Waals surface area contributed by atoms with Crippen molar-refractivity contribution in [2.75, 3.05) is 89.5 Å². The Morgan fingerprint density at radius 2 is 1.18 bits per heavy atom. The van der Waals surface area contributed by atoms with Crippen molar-refractivity contribution in [2.24, 2.45) is 15.4 Å². The number of esters is 2. The summed E-state index contributed by atoms with van der Waals surface area (Å²) in [7, 11) is 2.61. The third-order valence-electron chi connectivity index (χ3n) is 19.2. The van der Waals surface area contributed by atoms with E-state index in [4.69, 9.17) is 42.7 Å². The lowest BCUT2D eigenvalue weighted by Gasteiger charge is -2.38. The zero-order valence-corrected chi connectivity index (χ0v) is 55.1. The molecular weight excluding hydrogens is 1310 g/mol. The van der Waals surface area contributed by atoms with Gasteiger partial charge in [0, 0.05) is 138 Å². The van der Waals surface area contributed by atoms with Crippen LogP contribution in [0.1, 0.15) is 83.7 Å². The standard InChI is InChI=1S/C35H36ClFN6O5S.C31H32ClFN8O4S/c1-48-32(44)28-27(39-30(31-38-13-16-49-31)40-29(28)25-10-7-22(37)17-26(25)36)20-41-14-15-42-24(18-41)19-43(34(42)47)23-8-5-21(6-9-23)35(33(45)46)11-3-2-4-12-35;1-18(42)31(6-7-31)17-39-9-5-24(37-39)41-15-20-14-38(10-11-40(20)30(41)44)16-23-25(29(43)45-2)26(21-4-3-19(33)13-22(21)32)36-27(35-23)28-34-8-12-46-28/h5-10,13,16-17,24,29H,2-4,11-12,14-15,18-20H2,1H3,(H,39,40)(H,45,46);3-5,8-9,12-13,20,26,42H,1,6-7,10-11,14-17H2,2H3,(H,35,36)/t24-,29-;20-,26-/m00/s1. The molecule has 3 aromatic carbocycles. The SMILES string of the molecule is C=C(O)C1(Cn2ccc(N3C[C@@H]4CN(CC5=C(C(=O)OC)[C@H](c6ccc(F)cc6Cl)N=C(c6nccs6)N5)CCN4C3=O)n2)CC1.COC(=O)C1=C(CN2CCN3C(=O)N(c4ccc(C5(C(=O)O)CCCCC5)cc4)C[C@@H]3C2)NC(c2nccs2)=N[C@H]1c1ccc(F)cc1Cl. The second kappa shape index (κ2) is 26.9. The molecule has 23 nitrogen and oxygen atoms in total. The average molecular weight is 1370 g/mol. The number of nitrogens with zero attached hydrogens (tertiary/aromatic N) is 12. The number of allylic oxidation sites excluding steroid dienone is 1. The first-order valence-corrected chi connectivity index (χ1v) is 33.7. The van der Waals surface area contributed by atoms with Crippen LogP contribution in [0.5, 0.6) is 0 Å². The monoisotopic (exact) mass is 1370 g/mol. The minimum atomic E-state index is -0.875. The second-order valence-corrected chi connectivity index (χ2v) is 27.4. The molecule has 0 radical (unpaired) electrons. The lowest BCUT2D eigenvalue weighted by molar-refractivity contribution is -0.145. The molecule has 496 valence electrons. The fourth-order valence-corrected chi connectivity index (χ4v) is 15.7. The topological polar surface area (TPSA) is 256 Å². The van der Waals surface area contributed by atoms with Gasteiger partial charge < -0.3 is 40.1 Å². The normalized spacial score (nSPS) is 22.4. The van der Waals surface area contributed by atoms with Crippen molar-refractivity contribution >= 4 is 99.0 Å². The Hall–Kier alpha value is -8.60. The highest BCUT2D eigenvalue weighted by atomic mass is 35.5. The van der Waals surface area contributed by atoms with Crippen LogP contribution in [0, 0.1) is 17.0 Å². The minimum absolute atomic E-state index is 0.0857. The van der Waals surface area contributed by atoms with Crippen molar-refractivity contribution in [1.82, 2.24) is 50.0 Å². The zero-order valence-electron chi connectivity index (χ0n) is 51.9. The molecule has 29 heteroatoms. The first-order chi connectivity index (χ1) is 45.8. The van der Waals surface area contributed by atoms with E-state index in [-0.39, 0.29) is 56.5 Å². The van der Waals surface area contributed by atoms with Crippen LogP contribution in [-0.2, 0) is 35.8 Å². The van der Waals surface area contributed by atoms with Gasteiger partial charge in [-0.1, -0.05) is 73.3 Å². The van der Waals surface area contributed by atoms with Crippen molar-refractivity contribution in [3.05, 3.63) is 179 Å². The molecule has 4 atom stereocenters. The van der Waals surface area contributed by atoms with E-state index in [1.165, 1.54) is 73.3 Å². The lowest BCUT2D eigenvalue weighted by atomic mass is 9.69. The number of piperazine rings is 2. The summed E-state index contributed by atoms with van der Waals surface area (Å²) in [5, 5.41) is 36.6. The van der Waals surface area contributed by atoms with Crippen molar-refractivity contribution in [3.63, 3.8) is 0 Å². The predicted molar refractivity (Wildman–Crippen MR) is 354 cm³/mol. The summed E-state index contributed by atoms with van der Waals surface area (Å²) in [4.78, 5) is 96.0. The smallest absolute Gasteiger partial charge is 0.338 e. The van der Waals surface area contributed by atoms with E-state index in [9.17, 15) is 43.0 Å². The van der Waals surface area contributed by atoms with Gasteiger partial charge in [0.1, 0.15) is 23.7 Å². The number of nitrogens with one attached hydrogen (secondary N) is 2. The molecule has 0 spiro atoms. The number of amides is 4. The molecular formula is C66H68Cl2F2N14O9S2. The van der Waals surface area contributed by atoms with Gasteiger partial charge in [-0.2, -0.15) is 5.10 Å². The van der Waals surface area contributed by atoms with Crippen molar-refractivity contribution in [2.45, 2.75) is 81.1 Å². The molecule has 8 aliphatic rings. The minimum Gasteiger partial charge on any atom is -0.512 e. The first kappa shape index (κ1) is 65.1. The number of carbonyl (C=O) groups is 5. The van der Waals surface area contributed by atoms with Gasteiger partial charge in [-0.25, -0.2) is 37.9 Å². The fraction of sp³-hybridized carbons (Fsp3) is 0.394. The number of carboxylic acids is 1. The first-order valence-electron chi connectivity index (χ1n) is 31.2. The number of ether oxygens (including phenoxy) is 2. The molecule has 0 bridgehead atoms. The maximum atomic E-state index is 14.0. The largest absolute Gasteiger partial charge is 0.512 e. The maximum Gasteiger partial charge on any atom is 0.338 e. The number of carbonyl (C=O) groups excluding carboxylic acids is 4. The number of hydrogen-bond donors (Lipinski definition) is 4. The summed E-state index contributed by atoms with van der Waals surface area (Å²) in [6.45, 7) is 9.04. The number of halogens is 4. The van der Waals surface area contributed by atoms with Gasteiger partial charge in [0.05, 0.1) is 61.7 Å². The van der Waals surface area contributed by atoms with Gasteiger partial charge in [0.15, 0.2) is 27.5 Å². The summed E-state index contributed by atoms with van der Waals surface area (Å²) in [6.07, 6.45) is 11.0. The fourth-order valence-electron chi connectivity index (χ4n) is 13.9. The number of fused-ring (bicyclic) bond motifs is 2. The zero-order chi connectivity index (χ0) is 66.4. The van der Waals surface area contributed by atoms with E-state index >= 15 is 0 Å². The van der Waals surface area contributed by atoms with Crippen LogP contribution < -0.4 is 20.4 Å². The van der Waals surface area contributed by atoms with E-state index in [2.05, 4.69) is 42.1 Å². The number of benzene rings is 3. The van der Waals surface area contributed by atoms with Crippen molar-refractivity contribution < 1.29 is 52.4 Å². The molecule has 6 fully saturated rings. The Balaban J connectivity index is 0.000000172. The van der Waals surface area contributed by atoms with E-state index in [0.717, 1.165) is 43.4 Å². The molecule has 0 unspecified atom stereocenters. The van der Waals surface area contributed by atoms with Crippen LogP contribution >= 0.6 is 45.9 Å². The number of aromatic nitrogens is 4. The van der Waals surface area contributed by atoms with Crippen molar-refractivity contribution in [3.8, 4) is 0 Å².